The van der Waals surface area contributed by atoms with Crippen molar-refractivity contribution >= 4 is 50.0 Å². The highest BCUT2D eigenvalue weighted by molar-refractivity contribution is 9.10. The van der Waals surface area contributed by atoms with Crippen LogP contribution in [0.3, 0.4) is 0 Å². The van der Waals surface area contributed by atoms with Gasteiger partial charge in [0.15, 0.2) is 5.65 Å². The van der Waals surface area contributed by atoms with E-state index in [1.54, 1.807) is 17.5 Å². The first kappa shape index (κ1) is 12.1. The summed E-state index contributed by atoms with van der Waals surface area (Å²) >= 11 is 11.0. The summed E-state index contributed by atoms with van der Waals surface area (Å²) in [5.41, 5.74) is 3.52. The van der Waals surface area contributed by atoms with Gasteiger partial charge in [-0.3, -0.25) is 4.98 Å². The number of hydrogen-bond acceptors (Lipinski definition) is 4. The summed E-state index contributed by atoms with van der Waals surface area (Å²) in [6.07, 6.45) is 3.62. The normalized spacial score (nSPS) is 11.2. The first-order valence-electron chi connectivity index (χ1n) is 5.22. The van der Waals surface area contributed by atoms with Crippen LogP contribution in [0.15, 0.2) is 28.4 Å². The molecule has 3 aromatic heterocycles. The molecule has 0 atom stereocenters. The van der Waals surface area contributed by atoms with E-state index in [2.05, 4.69) is 30.9 Å². The van der Waals surface area contributed by atoms with Crippen LogP contribution >= 0.6 is 38.9 Å². The molecule has 0 bridgehead atoms. The van der Waals surface area contributed by atoms with Crippen molar-refractivity contribution in [3.05, 3.63) is 39.1 Å². The zero-order chi connectivity index (χ0) is 12.5. The van der Waals surface area contributed by atoms with Crippen LogP contribution in [-0.4, -0.2) is 19.5 Å². The molecule has 0 amide bonds. The van der Waals surface area contributed by atoms with Crippen molar-refractivity contribution in [1.29, 1.82) is 0 Å². The van der Waals surface area contributed by atoms with Crippen molar-refractivity contribution < 1.29 is 0 Å². The zero-order valence-electron chi connectivity index (χ0n) is 9.18. The number of hydrogen-bond donors (Lipinski definition) is 0. The minimum atomic E-state index is 0.368. The molecule has 3 heterocycles. The van der Waals surface area contributed by atoms with E-state index in [0.717, 1.165) is 26.3 Å². The highest BCUT2D eigenvalue weighted by atomic mass is 79.9. The molecule has 18 heavy (non-hydrogen) atoms. The molecule has 0 unspecified atom stereocenters. The van der Waals surface area contributed by atoms with Gasteiger partial charge in [-0.05, 0) is 22.0 Å². The van der Waals surface area contributed by atoms with Gasteiger partial charge in [-0.15, -0.1) is 22.9 Å². The highest BCUT2D eigenvalue weighted by Gasteiger charge is 2.12. The van der Waals surface area contributed by atoms with Crippen LogP contribution in [0, 0.1) is 0 Å². The van der Waals surface area contributed by atoms with Gasteiger partial charge < -0.3 is 4.57 Å². The maximum absolute atomic E-state index is 5.95. The zero-order valence-corrected chi connectivity index (χ0v) is 12.3. The Labute approximate surface area is 121 Å². The van der Waals surface area contributed by atoms with Gasteiger partial charge in [0.2, 0.25) is 0 Å². The predicted octanol–water partition coefficient (Wildman–Crippen LogP) is 3.44. The number of thiazole rings is 1. The van der Waals surface area contributed by atoms with E-state index >= 15 is 0 Å². The number of pyridine rings is 1. The Kier molecular flexibility index (Phi) is 3.32. The Morgan fingerprint density at radius 1 is 1.39 bits per heavy atom. The third-order valence-electron chi connectivity index (χ3n) is 2.55. The van der Waals surface area contributed by atoms with Gasteiger partial charge in [0.25, 0.3) is 0 Å². The van der Waals surface area contributed by atoms with Crippen molar-refractivity contribution in [2.45, 2.75) is 12.4 Å². The third-order valence-corrected chi connectivity index (χ3v) is 3.98. The van der Waals surface area contributed by atoms with Gasteiger partial charge in [-0.2, -0.15) is 0 Å². The molecule has 3 aromatic rings. The maximum atomic E-state index is 5.95. The summed E-state index contributed by atoms with van der Waals surface area (Å²) in [6.45, 7) is 0.706. The number of fused-ring (bicyclic) bond motifs is 1. The van der Waals surface area contributed by atoms with Crippen molar-refractivity contribution in [3.8, 4) is 0 Å². The SMILES string of the molecule is ClCc1nc2cc(Br)cnc2n1Cc1cncs1. The number of nitrogens with zero attached hydrogens (tertiary/aromatic N) is 4. The molecule has 4 nitrogen and oxygen atoms in total. The van der Waals surface area contributed by atoms with Crippen molar-refractivity contribution in [2.24, 2.45) is 0 Å². The molecule has 0 aromatic carbocycles. The molecular formula is C11H8BrClN4S. The van der Waals surface area contributed by atoms with Gasteiger partial charge in [-0.1, -0.05) is 0 Å². The van der Waals surface area contributed by atoms with E-state index < -0.39 is 0 Å². The van der Waals surface area contributed by atoms with Gasteiger partial charge in [-0.25, -0.2) is 9.97 Å². The van der Waals surface area contributed by atoms with E-state index in [1.807, 2.05) is 22.3 Å². The van der Waals surface area contributed by atoms with Gasteiger partial charge in [0.1, 0.15) is 11.3 Å². The molecular weight excluding hydrogens is 336 g/mol. The molecule has 0 fully saturated rings. The second kappa shape index (κ2) is 4.95. The minimum Gasteiger partial charge on any atom is -0.306 e. The first-order chi connectivity index (χ1) is 8.78. The lowest BCUT2D eigenvalue weighted by Gasteiger charge is -2.04. The van der Waals surface area contributed by atoms with E-state index in [4.69, 9.17) is 11.6 Å². The lowest BCUT2D eigenvalue weighted by atomic mass is 10.4. The van der Waals surface area contributed by atoms with E-state index in [0.29, 0.717) is 12.4 Å². The summed E-state index contributed by atoms with van der Waals surface area (Å²) < 4.78 is 2.95. The fraction of sp³-hybridized carbons (Fsp3) is 0.182. The molecule has 0 aliphatic rings. The largest absolute Gasteiger partial charge is 0.306 e. The molecule has 7 heteroatoms. The van der Waals surface area contributed by atoms with Crippen LogP contribution < -0.4 is 0 Å². The number of halogens is 2. The molecule has 92 valence electrons. The summed E-state index contributed by atoms with van der Waals surface area (Å²) in [5.74, 6) is 1.19. The van der Waals surface area contributed by atoms with E-state index in [1.165, 1.54) is 0 Å². The fourth-order valence-electron chi connectivity index (χ4n) is 1.78. The second-order valence-corrected chi connectivity index (χ2v) is 5.87. The van der Waals surface area contributed by atoms with Gasteiger partial charge >= 0.3 is 0 Å². The van der Waals surface area contributed by atoms with Crippen molar-refractivity contribution in [3.63, 3.8) is 0 Å². The number of imidazole rings is 1. The molecule has 0 aliphatic heterocycles. The molecule has 0 N–H and O–H groups in total. The fourth-order valence-corrected chi connectivity index (χ4v) is 2.88. The summed E-state index contributed by atoms with van der Waals surface area (Å²) in [4.78, 5) is 14.1. The Balaban J connectivity index is 2.13. The monoisotopic (exact) mass is 342 g/mol. The number of aromatic nitrogens is 4. The Morgan fingerprint density at radius 3 is 3.00 bits per heavy atom. The lowest BCUT2D eigenvalue weighted by Crippen LogP contribution is -2.03. The molecule has 0 radical (unpaired) electrons. The van der Waals surface area contributed by atoms with Gasteiger partial charge in [0, 0.05) is 21.7 Å². The standard InChI is InChI=1S/C11H8BrClN4S/c12-7-1-9-11(15-3-7)17(10(2-13)16-9)5-8-4-14-6-18-8/h1,3-4,6H,2,5H2. The van der Waals surface area contributed by atoms with Crippen LogP contribution in [0.5, 0.6) is 0 Å². The lowest BCUT2D eigenvalue weighted by molar-refractivity contribution is 0.779. The predicted molar refractivity (Wildman–Crippen MR) is 76.0 cm³/mol. The van der Waals surface area contributed by atoms with Crippen LogP contribution in [0.4, 0.5) is 0 Å². The molecule has 0 spiro atoms. The van der Waals surface area contributed by atoms with Crippen LogP contribution in [0.1, 0.15) is 10.7 Å². The minimum absolute atomic E-state index is 0.368. The quantitative estimate of drug-likeness (QED) is 0.684. The maximum Gasteiger partial charge on any atom is 0.160 e. The second-order valence-electron chi connectivity index (χ2n) is 3.71. The number of alkyl halides is 1. The first-order valence-corrected chi connectivity index (χ1v) is 7.42. The average molecular weight is 344 g/mol. The van der Waals surface area contributed by atoms with Crippen molar-refractivity contribution in [2.75, 3.05) is 0 Å². The van der Waals surface area contributed by atoms with Crippen LogP contribution in [0.2, 0.25) is 0 Å². The summed E-state index contributed by atoms with van der Waals surface area (Å²) in [7, 11) is 0. The van der Waals surface area contributed by atoms with E-state index in [9.17, 15) is 0 Å². The Morgan fingerprint density at radius 2 is 2.28 bits per heavy atom. The Bertz CT molecular complexity index is 680. The Hall–Kier alpha value is -0.980. The number of rotatable bonds is 3. The molecule has 0 saturated carbocycles. The van der Waals surface area contributed by atoms with Gasteiger partial charge in [0.05, 0.1) is 17.9 Å². The highest BCUT2D eigenvalue weighted by Crippen LogP contribution is 2.21. The molecule has 0 aliphatic carbocycles. The van der Waals surface area contributed by atoms with Crippen LogP contribution in [-0.2, 0) is 12.4 Å². The van der Waals surface area contributed by atoms with Crippen molar-refractivity contribution in [1.82, 2.24) is 19.5 Å². The summed E-state index contributed by atoms with van der Waals surface area (Å²) in [5, 5.41) is 0. The average Bonchev–Trinajstić information content (AvgIpc) is 2.97. The van der Waals surface area contributed by atoms with Crippen LogP contribution in [0.25, 0.3) is 11.2 Å². The molecule has 3 rings (SSSR count). The topological polar surface area (TPSA) is 43.6 Å². The third kappa shape index (κ3) is 2.15. The smallest absolute Gasteiger partial charge is 0.160 e. The van der Waals surface area contributed by atoms with E-state index in [-0.39, 0.29) is 0 Å². The molecule has 0 saturated heterocycles. The summed E-state index contributed by atoms with van der Waals surface area (Å²) in [6, 6.07) is 1.95.